The van der Waals surface area contributed by atoms with Crippen LogP contribution in [0.3, 0.4) is 0 Å². The minimum absolute atomic E-state index is 0.0576. The van der Waals surface area contributed by atoms with Gasteiger partial charge in [0.2, 0.25) is 5.90 Å². The van der Waals surface area contributed by atoms with Crippen LogP contribution in [-0.2, 0) is 10.0 Å². The normalized spacial score (nSPS) is 14.9. The summed E-state index contributed by atoms with van der Waals surface area (Å²) >= 11 is 4.63. The van der Waals surface area contributed by atoms with Gasteiger partial charge < -0.3 is 10.5 Å². The quantitative estimate of drug-likeness (QED) is 0.487. The maximum absolute atomic E-state index is 12.0. The second-order valence-corrected chi connectivity index (χ2v) is 6.79. The van der Waals surface area contributed by atoms with Gasteiger partial charge in [0.25, 0.3) is 10.0 Å². The molecule has 0 amide bonds. The molecule has 0 aromatic heterocycles. The number of benzene rings is 2. The molecule has 1 aliphatic heterocycles. The number of nitrogens with zero attached hydrogens (tertiary/aromatic N) is 2. The standard InChI is InChI=1S/C15H12N4O3S2/c16-15(23)18-17-9-10-5-7-11(8-6-10)22-14-12-3-1-2-4-13(12)24(20,21)19-14/h1-9H,(H3,16,18,23)/b17-9-. The van der Waals surface area contributed by atoms with Crippen molar-refractivity contribution in [3.63, 3.8) is 0 Å². The van der Waals surface area contributed by atoms with Gasteiger partial charge >= 0.3 is 0 Å². The van der Waals surface area contributed by atoms with Gasteiger partial charge in [-0.05, 0) is 54.2 Å². The van der Waals surface area contributed by atoms with Crippen LogP contribution in [0.25, 0.3) is 0 Å². The molecule has 24 heavy (non-hydrogen) atoms. The Morgan fingerprint density at radius 2 is 1.92 bits per heavy atom. The molecule has 2 aromatic rings. The second-order valence-electron chi connectivity index (χ2n) is 4.77. The highest BCUT2D eigenvalue weighted by Gasteiger charge is 2.29. The smallest absolute Gasteiger partial charge is 0.286 e. The van der Waals surface area contributed by atoms with E-state index in [1.54, 1.807) is 42.5 Å². The molecule has 1 aliphatic rings. The van der Waals surface area contributed by atoms with Crippen molar-refractivity contribution in [3.05, 3.63) is 59.7 Å². The maximum Gasteiger partial charge on any atom is 0.286 e. The van der Waals surface area contributed by atoms with Crippen molar-refractivity contribution in [1.29, 1.82) is 0 Å². The molecule has 0 atom stereocenters. The van der Waals surface area contributed by atoms with E-state index in [1.807, 2.05) is 0 Å². The highest BCUT2D eigenvalue weighted by atomic mass is 32.2. The third-order valence-electron chi connectivity index (χ3n) is 3.08. The third kappa shape index (κ3) is 3.42. The molecule has 3 rings (SSSR count). The average Bonchev–Trinajstić information content (AvgIpc) is 2.80. The zero-order chi connectivity index (χ0) is 17.2. The summed E-state index contributed by atoms with van der Waals surface area (Å²) < 4.78 is 33.2. The number of thiocarbonyl (C=S) groups is 1. The van der Waals surface area contributed by atoms with Crippen LogP contribution in [-0.4, -0.2) is 25.6 Å². The Labute approximate surface area is 143 Å². The van der Waals surface area contributed by atoms with E-state index in [1.165, 1.54) is 12.3 Å². The molecular weight excluding hydrogens is 348 g/mol. The van der Waals surface area contributed by atoms with Crippen LogP contribution >= 0.6 is 12.2 Å². The number of hydrogen-bond acceptors (Lipinski definition) is 5. The Kier molecular flexibility index (Phi) is 4.28. The van der Waals surface area contributed by atoms with E-state index in [-0.39, 0.29) is 15.9 Å². The summed E-state index contributed by atoms with van der Waals surface area (Å²) in [5, 5.41) is 3.91. The van der Waals surface area contributed by atoms with E-state index in [0.717, 1.165) is 5.56 Å². The molecule has 0 saturated heterocycles. The molecule has 0 saturated carbocycles. The number of hydrazone groups is 1. The molecule has 1 heterocycles. The fourth-order valence-electron chi connectivity index (χ4n) is 2.05. The molecule has 0 radical (unpaired) electrons. The van der Waals surface area contributed by atoms with E-state index in [4.69, 9.17) is 10.5 Å². The predicted molar refractivity (Wildman–Crippen MR) is 94.7 cm³/mol. The zero-order valence-corrected chi connectivity index (χ0v) is 13.8. The summed E-state index contributed by atoms with van der Waals surface area (Å²) in [7, 11) is -3.69. The Balaban J connectivity index is 1.78. The number of hydrogen-bond donors (Lipinski definition) is 2. The van der Waals surface area contributed by atoms with Crippen LogP contribution in [0.1, 0.15) is 11.1 Å². The summed E-state index contributed by atoms with van der Waals surface area (Å²) in [5.74, 6) is 0.516. The zero-order valence-electron chi connectivity index (χ0n) is 12.2. The van der Waals surface area contributed by atoms with Crippen molar-refractivity contribution < 1.29 is 13.2 Å². The van der Waals surface area contributed by atoms with Crippen LogP contribution in [0.5, 0.6) is 5.75 Å². The minimum atomic E-state index is -3.69. The first-order valence-corrected chi connectivity index (χ1v) is 8.61. The van der Waals surface area contributed by atoms with Crippen LogP contribution in [0.4, 0.5) is 0 Å². The topological polar surface area (TPSA) is 106 Å². The third-order valence-corrected chi connectivity index (χ3v) is 4.49. The van der Waals surface area contributed by atoms with E-state index in [9.17, 15) is 8.42 Å². The van der Waals surface area contributed by atoms with Gasteiger partial charge in [0.15, 0.2) is 5.11 Å². The Hall–Kier alpha value is -2.78. The molecule has 122 valence electrons. The summed E-state index contributed by atoms with van der Waals surface area (Å²) in [4.78, 5) is 0.146. The lowest BCUT2D eigenvalue weighted by Crippen LogP contribution is -2.23. The first-order chi connectivity index (χ1) is 11.5. The summed E-state index contributed by atoms with van der Waals surface area (Å²) in [5.41, 5.74) is 8.94. The van der Waals surface area contributed by atoms with Crippen molar-refractivity contribution in [1.82, 2.24) is 5.43 Å². The number of ether oxygens (including phenoxy) is 1. The molecule has 7 nitrogen and oxygen atoms in total. The number of rotatable bonds is 3. The van der Waals surface area contributed by atoms with Gasteiger partial charge in [-0.1, -0.05) is 12.1 Å². The lowest BCUT2D eigenvalue weighted by atomic mass is 10.2. The average molecular weight is 360 g/mol. The Morgan fingerprint density at radius 1 is 1.21 bits per heavy atom. The molecular formula is C15H12N4O3S2. The van der Waals surface area contributed by atoms with Crippen LogP contribution in [0.2, 0.25) is 0 Å². The van der Waals surface area contributed by atoms with Gasteiger partial charge in [0, 0.05) is 0 Å². The molecule has 0 spiro atoms. The van der Waals surface area contributed by atoms with Gasteiger partial charge in [-0.3, -0.25) is 5.43 Å². The molecule has 9 heteroatoms. The van der Waals surface area contributed by atoms with Crippen LogP contribution in [0, 0.1) is 0 Å². The Morgan fingerprint density at radius 3 is 2.62 bits per heavy atom. The minimum Gasteiger partial charge on any atom is -0.438 e. The highest BCUT2D eigenvalue weighted by molar-refractivity contribution is 7.90. The van der Waals surface area contributed by atoms with E-state index in [0.29, 0.717) is 11.3 Å². The van der Waals surface area contributed by atoms with Crippen molar-refractivity contribution in [2.75, 3.05) is 0 Å². The van der Waals surface area contributed by atoms with Crippen molar-refractivity contribution in [2.24, 2.45) is 15.2 Å². The summed E-state index contributed by atoms with van der Waals surface area (Å²) in [6.07, 6.45) is 1.54. The lowest BCUT2D eigenvalue weighted by molar-refractivity contribution is 0.554. The predicted octanol–water partition coefficient (Wildman–Crippen LogP) is 1.38. The molecule has 0 fully saturated rings. The number of nitrogens with two attached hydrogens (primary N) is 1. The first-order valence-electron chi connectivity index (χ1n) is 6.76. The fourth-order valence-corrected chi connectivity index (χ4v) is 3.24. The van der Waals surface area contributed by atoms with E-state index in [2.05, 4.69) is 27.1 Å². The van der Waals surface area contributed by atoms with Gasteiger partial charge in [0.05, 0.1) is 11.8 Å². The Bertz CT molecular complexity index is 951. The summed E-state index contributed by atoms with van der Waals surface area (Å²) in [6, 6.07) is 13.4. The van der Waals surface area contributed by atoms with Gasteiger partial charge in [-0.25, -0.2) is 0 Å². The lowest BCUT2D eigenvalue weighted by Gasteiger charge is -2.05. The van der Waals surface area contributed by atoms with Crippen molar-refractivity contribution >= 4 is 39.5 Å². The van der Waals surface area contributed by atoms with Crippen LogP contribution in [0.15, 0.2) is 62.9 Å². The number of sulfonamides is 1. The van der Waals surface area contributed by atoms with Gasteiger partial charge in [-0.15, -0.1) is 4.40 Å². The summed E-state index contributed by atoms with van der Waals surface area (Å²) in [6.45, 7) is 0. The van der Waals surface area contributed by atoms with Crippen molar-refractivity contribution in [3.8, 4) is 5.75 Å². The van der Waals surface area contributed by atoms with E-state index < -0.39 is 10.0 Å². The molecule has 0 aliphatic carbocycles. The van der Waals surface area contributed by atoms with Crippen LogP contribution < -0.4 is 15.9 Å². The molecule has 0 bridgehead atoms. The molecule has 0 unspecified atom stereocenters. The largest absolute Gasteiger partial charge is 0.438 e. The number of nitrogens with one attached hydrogen (secondary N) is 1. The van der Waals surface area contributed by atoms with E-state index >= 15 is 0 Å². The molecule has 3 N–H and O–H groups in total. The van der Waals surface area contributed by atoms with Gasteiger partial charge in [-0.2, -0.15) is 13.5 Å². The van der Waals surface area contributed by atoms with Crippen molar-refractivity contribution in [2.45, 2.75) is 4.90 Å². The highest BCUT2D eigenvalue weighted by Crippen LogP contribution is 2.27. The SMILES string of the molecule is NC(=S)N/N=C\c1ccc(OC2=NS(=O)(=O)c3ccccc32)cc1. The number of fused-ring (bicyclic) bond motifs is 1. The first kappa shape index (κ1) is 16.1. The maximum atomic E-state index is 12.0. The second kappa shape index (κ2) is 6.38. The van der Waals surface area contributed by atoms with Gasteiger partial charge in [0.1, 0.15) is 10.6 Å². The molecule has 2 aromatic carbocycles. The fraction of sp³-hybridized carbons (Fsp3) is 0. The monoisotopic (exact) mass is 360 g/mol.